The summed E-state index contributed by atoms with van der Waals surface area (Å²) < 4.78 is 5.77. The van der Waals surface area contributed by atoms with Crippen LogP contribution in [0.2, 0.25) is 0 Å². The molecule has 0 aromatic heterocycles. The molecule has 3 amide bonds. The summed E-state index contributed by atoms with van der Waals surface area (Å²) in [6.07, 6.45) is 3.37. The second-order valence-electron chi connectivity index (χ2n) is 8.31. The maximum Gasteiger partial charge on any atom is 0.319 e. The Hall–Kier alpha value is -2.71. The van der Waals surface area contributed by atoms with Crippen molar-refractivity contribution in [3.05, 3.63) is 54.6 Å². The van der Waals surface area contributed by atoms with Crippen LogP contribution < -0.4 is 21.1 Å². The number of amides is 3. The number of urea groups is 1. The van der Waals surface area contributed by atoms with E-state index >= 15 is 0 Å². The van der Waals surface area contributed by atoms with Crippen molar-refractivity contribution in [2.24, 2.45) is 11.7 Å². The summed E-state index contributed by atoms with van der Waals surface area (Å²) >= 11 is 1.77. The molecule has 0 bridgehead atoms. The van der Waals surface area contributed by atoms with E-state index in [1.807, 2.05) is 59.5 Å². The number of thioether (sulfide) groups is 1. The van der Waals surface area contributed by atoms with E-state index in [9.17, 15) is 9.59 Å². The second-order valence-corrected chi connectivity index (χ2v) is 9.39. The summed E-state index contributed by atoms with van der Waals surface area (Å²) in [5.74, 6) is 3.48. The number of ether oxygens (including phenoxy) is 1. The van der Waals surface area contributed by atoms with Gasteiger partial charge in [-0.3, -0.25) is 4.79 Å². The monoisotopic (exact) mass is 454 g/mol. The molecule has 1 atom stereocenters. The predicted octanol–water partition coefficient (Wildman–Crippen LogP) is 4.02. The number of nitrogens with two attached hydrogens (primary N) is 1. The molecule has 1 unspecified atom stereocenters. The van der Waals surface area contributed by atoms with Crippen LogP contribution in [0.15, 0.2) is 54.6 Å². The van der Waals surface area contributed by atoms with Gasteiger partial charge in [0, 0.05) is 24.0 Å². The first-order valence-corrected chi connectivity index (χ1v) is 12.3. The van der Waals surface area contributed by atoms with Crippen LogP contribution in [0.25, 0.3) is 0 Å². The zero-order valence-electron chi connectivity index (χ0n) is 18.0. The van der Waals surface area contributed by atoms with Gasteiger partial charge in [0.1, 0.15) is 11.5 Å². The van der Waals surface area contributed by atoms with Crippen molar-refractivity contribution < 1.29 is 14.3 Å². The van der Waals surface area contributed by atoms with Crippen molar-refractivity contribution in [3.8, 4) is 11.5 Å². The maximum absolute atomic E-state index is 12.5. The first kappa shape index (κ1) is 22.5. The number of para-hydroxylation sites is 1. The van der Waals surface area contributed by atoms with Gasteiger partial charge in [-0.2, -0.15) is 0 Å². The number of carbonyl (C=O) groups is 2. The molecule has 2 fully saturated rings. The highest BCUT2D eigenvalue weighted by molar-refractivity contribution is 7.99. The average molecular weight is 455 g/mol. The number of hydrogen-bond donors (Lipinski definition) is 3. The third-order valence-electron chi connectivity index (χ3n) is 6.06. The highest BCUT2D eigenvalue weighted by Gasteiger charge is 2.33. The van der Waals surface area contributed by atoms with E-state index in [1.54, 1.807) is 11.8 Å². The molecule has 2 aromatic carbocycles. The molecule has 170 valence electrons. The fraction of sp³-hybridized carbons (Fsp3) is 0.417. The van der Waals surface area contributed by atoms with E-state index < -0.39 is 6.04 Å². The molecule has 2 aromatic rings. The van der Waals surface area contributed by atoms with Crippen molar-refractivity contribution in [3.63, 3.8) is 0 Å². The van der Waals surface area contributed by atoms with E-state index in [4.69, 9.17) is 10.5 Å². The Labute approximate surface area is 193 Å². The van der Waals surface area contributed by atoms with Crippen LogP contribution in [-0.2, 0) is 4.79 Å². The van der Waals surface area contributed by atoms with E-state index in [0.29, 0.717) is 11.4 Å². The Morgan fingerprint density at radius 2 is 1.69 bits per heavy atom. The molecule has 1 saturated carbocycles. The molecular weight excluding hydrogens is 424 g/mol. The highest BCUT2D eigenvalue weighted by atomic mass is 32.2. The molecule has 4 rings (SSSR count). The van der Waals surface area contributed by atoms with Gasteiger partial charge in [0.2, 0.25) is 5.91 Å². The van der Waals surface area contributed by atoms with Crippen molar-refractivity contribution in [1.82, 2.24) is 10.2 Å². The minimum atomic E-state index is -0.430. The Morgan fingerprint density at radius 3 is 2.34 bits per heavy atom. The van der Waals surface area contributed by atoms with Gasteiger partial charge in [0.05, 0.1) is 11.9 Å². The van der Waals surface area contributed by atoms with Crippen molar-refractivity contribution in [2.75, 3.05) is 23.5 Å². The van der Waals surface area contributed by atoms with Crippen LogP contribution in [0.3, 0.4) is 0 Å². The van der Waals surface area contributed by atoms with Crippen molar-refractivity contribution >= 4 is 29.4 Å². The summed E-state index contributed by atoms with van der Waals surface area (Å²) in [6, 6.07) is 16.3. The minimum absolute atomic E-state index is 0.0730. The third-order valence-corrected chi connectivity index (χ3v) is 7.02. The largest absolute Gasteiger partial charge is 0.457 e. The SMILES string of the molecule is NC(C(=O)N1CCSC1)C1CCC(NC(=O)Nc2ccc(Oc3ccccc3)cc2)CC1. The summed E-state index contributed by atoms with van der Waals surface area (Å²) in [5, 5.41) is 5.92. The normalized spacial score (nSPS) is 21.6. The Balaban J connectivity index is 1.20. The van der Waals surface area contributed by atoms with Gasteiger partial charge >= 0.3 is 6.03 Å². The summed E-state index contributed by atoms with van der Waals surface area (Å²) in [4.78, 5) is 26.8. The van der Waals surface area contributed by atoms with E-state index in [-0.39, 0.29) is 23.9 Å². The van der Waals surface area contributed by atoms with E-state index in [2.05, 4.69) is 10.6 Å². The fourth-order valence-electron chi connectivity index (χ4n) is 4.21. The van der Waals surface area contributed by atoms with Crippen molar-refractivity contribution in [2.45, 2.75) is 37.8 Å². The van der Waals surface area contributed by atoms with Crippen LogP contribution >= 0.6 is 11.8 Å². The quantitative estimate of drug-likeness (QED) is 0.613. The van der Waals surface area contributed by atoms with Gasteiger partial charge in [0.15, 0.2) is 0 Å². The van der Waals surface area contributed by atoms with Gasteiger partial charge in [-0.25, -0.2) is 4.79 Å². The van der Waals surface area contributed by atoms with Crippen molar-refractivity contribution in [1.29, 1.82) is 0 Å². The fourth-order valence-corrected chi connectivity index (χ4v) is 5.16. The van der Waals surface area contributed by atoms with Gasteiger partial charge in [-0.05, 0) is 68.0 Å². The number of carbonyl (C=O) groups excluding carboxylic acids is 2. The number of nitrogens with one attached hydrogen (secondary N) is 2. The zero-order valence-corrected chi connectivity index (χ0v) is 18.9. The van der Waals surface area contributed by atoms with E-state index in [1.165, 1.54) is 0 Å². The smallest absolute Gasteiger partial charge is 0.319 e. The molecule has 2 aliphatic rings. The average Bonchev–Trinajstić information content (AvgIpc) is 3.36. The molecule has 0 radical (unpaired) electrons. The topological polar surface area (TPSA) is 96.7 Å². The lowest BCUT2D eigenvalue weighted by atomic mass is 9.81. The standard InChI is InChI=1S/C24H30N4O3S/c25-22(23(29)28-14-15-32-16-28)17-6-8-18(9-7-17)26-24(30)27-19-10-12-21(13-11-19)31-20-4-2-1-3-5-20/h1-5,10-13,17-18,22H,6-9,14-16,25H2,(H2,26,27,30). The number of hydrogen-bond acceptors (Lipinski definition) is 5. The Morgan fingerprint density at radius 1 is 1.00 bits per heavy atom. The van der Waals surface area contributed by atoms with Gasteiger partial charge in [-0.1, -0.05) is 18.2 Å². The molecule has 1 heterocycles. The Bertz CT molecular complexity index is 895. The van der Waals surface area contributed by atoms with Crippen LogP contribution in [0.1, 0.15) is 25.7 Å². The van der Waals surface area contributed by atoms with Crippen LogP contribution in [0.5, 0.6) is 11.5 Å². The van der Waals surface area contributed by atoms with E-state index in [0.717, 1.165) is 49.6 Å². The summed E-state index contributed by atoms with van der Waals surface area (Å²) in [6.45, 7) is 0.799. The number of anilines is 1. The molecule has 1 aliphatic carbocycles. The lowest BCUT2D eigenvalue weighted by Crippen LogP contribution is -2.49. The lowest BCUT2D eigenvalue weighted by Gasteiger charge is -2.33. The molecule has 1 aliphatic heterocycles. The number of rotatable bonds is 6. The third kappa shape index (κ3) is 5.95. The lowest BCUT2D eigenvalue weighted by molar-refractivity contribution is -0.132. The molecule has 32 heavy (non-hydrogen) atoms. The first-order chi connectivity index (χ1) is 15.6. The van der Waals surface area contributed by atoms with Crippen LogP contribution in [0, 0.1) is 5.92 Å². The predicted molar refractivity (Wildman–Crippen MR) is 128 cm³/mol. The van der Waals surface area contributed by atoms with Gasteiger partial charge in [-0.15, -0.1) is 11.8 Å². The zero-order chi connectivity index (χ0) is 22.3. The molecule has 8 heteroatoms. The molecule has 4 N–H and O–H groups in total. The summed E-state index contributed by atoms with van der Waals surface area (Å²) in [5.41, 5.74) is 6.97. The number of benzene rings is 2. The van der Waals surface area contributed by atoms with Gasteiger partial charge in [0.25, 0.3) is 0 Å². The minimum Gasteiger partial charge on any atom is -0.457 e. The maximum atomic E-state index is 12.5. The van der Waals surface area contributed by atoms with Crippen LogP contribution in [0.4, 0.5) is 10.5 Å². The van der Waals surface area contributed by atoms with Crippen LogP contribution in [-0.4, -0.2) is 47.1 Å². The summed E-state index contributed by atoms with van der Waals surface area (Å²) in [7, 11) is 0. The molecule has 7 nitrogen and oxygen atoms in total. The van der Waals surface area contributed by atoms with Gasteiger partial charge < -0.3 is 26.0 Å². The Kier molecular flexibility index (Phi) is 7.55. The highest BCUT2D eigenvalue weighted by Crippen LogP contribution is 2.28. The first-order valence-electron chi connectivity index (χ1n) is 11.1. The second kappa shape index (κ2) is 10.7. The molecular formula is C24H30N4O3S. The number of nitrogens with zero attached hydrogens (tertiary/aromatic N) is 1. The molecule has 0 spiro atoms. The molecule has 1 saturated heterocycles.